The normalized spacial score (nSPS) is 10.2. The van der Waals surface area contributed by atoms with Gasteiger partial charge in [0.1, 0.15) is 5.75 Å². The molecule has 0 saturated heterocycles. The Labute approximate surface area is 123 Å². The van der Waals surface area contributed by atoms with Crippen molar-refractivity contribution in [3.05, 3.63) is 63.7 Å². The van der Waals surface area contributed by atoms with Crippen molar-refractivity contribution < 1.29 is 9.66 Å². The quantitative estimate of drug-likeness (QED) is 0.651. The standard InChI is InChI=1S/C16H18N2O3/c1-12-6-7-14(18(19)20)11-16(12)17-9-8-13-4-3-5-15(10-13)21-2/h3-7,10-11,17H,8-9H2,1-2H3. The Hall–Kier alpha value is -2.56. The molecular formula is C16H18N2O3. The number of ether oxygens (including phenoxy) is 1. The molecule has 5 nitrogen and oxygen atoms in total. The summed E-state index contributed by atoms with van der Waals surface area (Å²) in [6.45, 7) is 2.63. The van der Waals surface area contributed by atoms with Crippen LogP contribution in [0.1, 0.15) is 11.1 Å². The van der Waals surface area contributed by atoms with Crippen LogP contribution in [0.4, 0.5) is 11.4 Å². The van der Waals surface area contributed by atoms with Crippen molar-refractivity contribution in [2.24, 2.45) is 0 Å². The van der Waals surface area contributed by atoms with Gasteiger partial charge in [-0.3, -0.25) is 10.1 Å². The van der Waals surface area contributed by atoms with Crippen molar-refractivity contribution in [3.8, 4) is 5.75 Å². The summed E-state index contributed by atoms with van der Waals surface area (Å²) in [5, 5.41) is 14.0. The molecule has 1 N–H and O–H groups in total. The second-order valence-corrected chi connectivity index (χ2v) is 4.78. The first-order valence-electron chi connectivity index (χ1n) is 6.72. The van der Waals surface area contributed by atoms with Gasteiger partial charge in [0.2, 0.25) is 0 Å². The molecule has 0 heterocycles. The molecule has 0 aliphatic rings. The highest BCUT2D eigenvalue weighted by Crippen LogP contribution is 2.22. The van der Waals surface area contributed by atoms with Crippen molar-refractivity contribution in [1.29, 1.82) is 0 Å². The summed E-state index contributed by atoms with van der Waals surface area (Å²) in [5.74, 6) is 0.832. The van der Waals surface area contributed by atoms with Crippen LogP contribution in [0.5, 0.6) is 5.75 Å². The molecule has 0 spiro atoms. The summed E-state index contributed by atoms with van der Waals surface area (Å²) in [6.07, 6.45) is 0.819. The van der Waals surface area contributed by atoms with Crippen LogP contribution in [0.2, 0.25) is 0 Å². The summed E-state index contributed by atoms with van der Waals surface area (Å²) in [7, 11) is 1.64. The molecule has 0 aromatic heterocycles. The van der Waals surface area contributed by atoms with Crippen molar-refractivity contribution in [2.75, 3.05) is 19.0 Å². The molecule has 0 fully saturated rings. The van der Waals surface area contributed by atoms with Gasteiger partial charge in [0.05, 0.1) is 12.0 Å². The molecule has 2 aromatic rings. The Kier molecular flexibility index (Phi) is 4.77. The summed E-state index contributed by atoms with van der Waals surface area (Å²) in [6, 6.07) is 12.7. The molecule has 2 aromatic carbocycles. The molecule has 0 radical (unpaired) electrons. The van der Waals surface area contributed by atoms with Gasteiger partial charge in [-0.15, -0.1) is 0 Å². The van der Waals surface area contributed by atoms with Gasteiger partial charge < -0.3 is 10.1 Å². The molecule has 0 aliphatic heterocycles. The minimum atomic E-state index is -0.382. The van der Waals surface area contributed by atoms with Gasteiger partial charge in [-0.2, -0.15) is 0 Å². The Morgan fingerprint density at radius 2 is 2.05 bits per heavy atom. The van der Waals surface area contributed by atoms with Crippen LogP contribution in [0, 0.1) is 17.0 Å². The van der Waals surface area contributed by atoms with Crippen LogP contribution in [0.15, 0.2) is 42.5 Å². The number of nitrogens with one attached hydrogen (secondary N) is 1. The topological polar surface area (TPSA) is 64.4 Å². The first-order chi connectivity index (χ1) is 10.1. The Morgan fingerprint density at radius 3 is 2.76 bits per heavy atom. The number of non-ortho nitro benzene ring substituents is 1. The number of nitro benzene ring substituents is 1. The lowest BCUT2D eigenvalue weighted by Crippen LogP contribution is -2.06. The number of nitro groups is 1. The van der Waals surface area contributed by atoms with Crippen molar-refractivity contribution in [2.45, 2.75) is 13.3 Å². The van der Waals surface area contributed by atoms with Gasteiger partial charge in [0, 0.05) is 24.4 Å². The second-order valence-electron chi connectivity index (χ2n) is 4.78. The van der Waals surface area contributed by atoms with E-state index in [4.69, 9.17) is 4.74 Å². The van der Waals surface area contributed by atoms with E-state index in [2.05, 4.69) is 5.32 Å². The molecule has 5 heteroatoms. The number of aryl methyl sites for hydroxylation is 1. The smallest absolute Gasteiger partial charge is 0.271 e. The van der Waals surface area contributed by atoms with Crippen LogP contribution < -0.4 is 10.1 Å². The highest BCUT2D eigenvalue weighted by atomic mass is 16.6. The van der Waals surface area contributed by atoms with E-state index in [9.17, 15) is 10.1 Å². The van der Waals surface area contributed by atoms with E-state index in [0.29, 0.717) is 6.54 Å². The number of methoxy groups -OCH3 is 1. The van der Waals surface area contributed by atoms with E-state index in [-0.39, 0.29) is 10.6 Å². The lowest BCUT2D eigenvalue weighted by atomic mass is 10.1. The Bertz CT molecular complexity index is 641. The summed E-state index contributed by atoms with van der Waals surface area (Å²) < 4.78 is 5.19. The highest BCUT2D eigenvalue weighted by molar-refractivity contribution is 5.56. The molecule has 21 heavy (non-hydrogen) atoms. The third-order valence-electron chi connectivity index (χ3n) is 3.30. The van der Waals surface area contributed by atoms with E-state index in [0.717, 1.165) is 29.0 Å². The fourth-order valence-corrected chi connectivity index (χ4v) is 2.08. The average molecular weight is 286 g/mol. The maximum atomic E-state index is 10.8. The van der Waals surface area contributed by atoms with E-state index < -0.39 is 0 Å². The van der Waals surface area contributed by atoms with Gasteiger partial charge >= 0.3 is 0 Å². The molecular weight excluding hydrogens is 268 g/mol. The summed E-state index contributed by atoms with van der Waals surface area (Å²) in [4.78, 5) is 10.4. The zero-order valence-corrected chi connectivity index (χ0v) is 12.1. The van der Waals surface area contributed by atoms with E-state index >= 15 is 0 Å². The van der Waals surface area contributed by atoms with Gasteiger partial charge in [0.25, 0.3) is 5.69 Å². The third kappa shape index (κ3) is 3.95. The zero-order chi connectivity index (χ0) is 15.2. The highest BCUT2D eigenvalue weighted by Gasteiger charge is 2.08. The van der Waals surface area contributed by atoms with Crippen molar-refractivity contribution >= 4 is 11.4 Å². The predicted octanol–water partition coefficient (Wildman–Crippen LogP) is 3.57. The molecule has 2 rings (SSSR count). The SMILES string of the molecule is COc1cccc(CCNc2cc([N+](=O)[O-])ccc2C)c1. The predicted molar refractivity (Wildman–Crippen MR) is 83.0 cm³/mol. The molecule has 0 saturated carbocycles. The Balaban J connectivity index is 1.99. The van der Waals surface area contributed by atoms with Crippen LogP contribution in [0.3, 0.4) is 0 Å². The second kappa shape index (κ2) is 6.74. The van der Waals surface area contributed by atoms with Gasteiger partial charge in [-0.25, -0.2) is 0 Å². The fraction of sp³-hybridized carbons (Fsp3) is 0.250. The van der Waals surface area contributed by atoms with Crippen molar-refractivity contribution in [3.63, 3.8) is 0 Å². The van der Waals surface area contributed by atoms with Gasteiger partial charge in [-0.05, 0) is 36.6 Å². The molecule has 0 bridgehead atoms. The van der Waals surface area contributed by atoms with Gasteiger partial charge in [0.15, 0.2) is 0 Å². The lowest BCUT2D eigenvalue weighted by Gasteiger charge is -2.10. The molecule has 0 aliphatic carbocycles. The number of nitrogens with zero attached hydrogens (tertiary/aromatic N) is 1. The number of hydrogen-bond donors (Lipinski definition) is 1. The maximum Gasteiger partial charge on any atom is 0.271 e. The molecule has 0 unspecified atom stereocenters. The first-order valence-corrected chi connectivity index (χ1v) is 6.72. The van der Waals surface area contributed by atoms with Gasteiger partial charge in [-0.1, -0.05) is 18.2 Å². The third-order valence-corrected chi connectivity index (χ3v) is 3.30. The van der Waals surface area contributed by atoms with Crippen molar-refractivity contribution in [1.82, 2.24) is 0 Å². The number of benzene rings is 2. The summed E-state index contributed by atoms with van der Waals surface area (Å²) in [5.41, 5.74) is 3.05. The van der Waals surface area contributed by atoms with Crippen LogP contribution >= 0.6 is 0 Å². The lowest BCUT2D eigenvalue weighted by molar-refractivity contribution is -0.384. The minimum Gasteiger partial charge on any atom is -0.497 e. The Morgan fingerprint density at radius 1 is 1.24 bits per heavy atom. The molecule has 0 atom stereocenters. The molecule has 110 valence electrons. The fourth-order valence-electron chi connectivity index (χ4n) is 2.08. The zero-order valence-electron chi connectivity index (χ0n) is 12.1. The summed E-state index contributed by atoms with van der Waals surface area (Å²) >= 11 is 0. The monoisotopic (exact) mass is 286 g/mol. The number of anilines is 1. The number of rotatable bonds is 6. The van der Waals surface area contributed by atoms with Crippen LogP contribution in [-0.4, -0.2) is 18.6 Å². The van der Waals surface area contributed by atoms with E-state index in [1.807, 2.05) is 31.2 Å². The maximum absolute atomic E-state index is 10.8. The van der Waals surface area contributed by atoms with E-state index in [1.165, 1.54) is 6.07 Å². The number of hydrogen-bond acceptors (Lipinski definition) is 4. The first kappa shape index (κ1) is 14.8. The van der Waals surface area contributed by atoms with Crippen LogP contribution in [0.25, 0.3) is 0 Å². The minimum absolute atomic E-state index is 0.101. The van der Waals surface area contributed by atoms with E-state index in [1.54, 1.807) is 19.2 Å². The molecule has 0 amide bonds. The largest absolute Gasteiger partial charge is 0.497 e. The average Bonchev–Trinajstić information content (AvgIpc) is 2.49. The van der Waals surface area contributed by atoms with Crippen LogP contribution in [-0.2, 0) is 6.42 Å².